The summed E-state index contributed by atoms with van der Waals surface area (Å²) in [5, 5.41) is 5.27. The maximum absolute atomic E-state index is 12.8. The number of hydrogen-bond donors (Lipinski definition) is 3. The Labute approximate surface area is 138 Å². The molecule has 1 aromatic rings. The molecule has 1 saturated heterocycles. The quantitative estimate of drug-likeness (QED) is 0.477. The van der Waals surface area contributed by atoms with Gasteiger partial charge in [-0.05, 0) is 18.1 Å². The summed E-state index contributed by atoms with van der Waals surface area (Å²) in [6, 6.07) is 4.10. The number of amides is 4. The van der Waals surface area contributed by atoms with Crippen molar-refractivity contribution in [2.45, 2.75) is 25.4 Å². The minimum atomic E-state index is -0.944. The molecular formula is C16H18N4O4. The second-order valence-electron chi connectivity index (χ2n) is 5.75. The monoisotopic (exact) mass is 330 g/mol. The number of piperidine rings is 1. The lowest BCUT2D eigenvalue weighted by Crippen LogP contribution is -2.54. The topological polar surface area (TPSA) is 122 Å². The third kappa shape index (κ3) is 2.70. The van der Waals surface area contributed by atoms with Gasteiger partial charge in [0.15, 0.2) is 0 Å². The molecule has 1 atom stereocenters. The summed E-state index contributed by atoms with van der Waals surface area (Å²) in [5.74, 6) is -1.98. The SMILES string of the molecule is NCCNCc1cccc2c1C(=O)N(C1CCC(=O)NC1=O)C2=O. The molecule has 1 aromatic carbocycles. The van der Waals surface area contributed by atoms with Crippen molar-refractivity contribution in [3.05, 3.63) is 34.9 Å². The Hall–Kier alpha value is -2.58. The normalized spacial score (nSPS) is 20.4. The van der Waals surface area contributed by atoms with Gasteiger partial charge in [0.25, 0.3) is 11.8 Å². The summed E-state index contributed by atoms with van der Waals surface area (Å²) in [5.41, 5.74) is 6.73. The molecule has 4 amide bonds. The molecule has 2 aliphatic heterocycles. The van der Waals surface area contributed by atoms with Crippen molar-refractivity contribution in [2.24, 2.45) is 5.73 Å². The molecule has 2 heterocycles. The van der Waals surface area contributed by atoms with E-state index >= 15 is 0 Å². The lowest BCUT2D eigenvalue weighted by Gasteiger charge is -2.27. The molecule has 1 fully saturated rings. The Bertz CT molecular complexity index is 731. The zero-order valence-corrected chi connectivity index (χ0v) is 13.0. The van der Waals surface area contributed by atoms with Crippen molar-refractivity contribution in [3.63, 3.8) is 0 Å². The van der Waals surface area contributed by atoms with Crippen LogP contribution in [0.25, 0.3) is 0 Å². The second kappa shape index (κ2) is 6.50. The highest BCUT2D eigenvalue weighted by molar-refractivity contribution is 6.24. The van der Waals surface area contributed by atoms with Gasteiger partial charge in [-0.15, -0.1) is 0 Å². The lowest BCUT2D eigenvalue weighted by molar-refractivity contribution is -0.136. The third-order valence-electron chi connectivity index (χ3n) is 4.19. The van der Waals surface area contributed by atoms with Crippen LogP contribution in [-0.2, 0) is 16.1 Å². The summed E-state index contributed by atoms with van der Waals surface area (Å²) >= 11 is 0. The molecule has 3 rings (SSSR count). The van der Waals surface area contributed by atoms with Gasteiger partial charge >= 0.3 is 0 Å². The van der Waals surface area contributed by atoms with Crippen LogP contribution in [0.3, 0.4) is 0 Å². The van der Waals surface area contributed by atoms with Crippen LogP contribution in [-0.4, -0.2) is 47.7 Å². The zero-order valence-electron chi connectivity index (χ0n) is 13.0. The van der Waals surface area contributed by atoms with Crippen molar-refractivity contribution in [1.82, 2.24) is 15.5 Å². The minimum Gasteiger partial charge on any atom is -0.329 e. The molecule has 0 aliphatic carbocycles. The number of rotatable bonds is 5. The van der Waals surface area contributed by atoms with Crippen molar-refractivity contribution in [3.8, 4) is 0 Å². The number of hydrogen-bond acceptors (Lipinski definition) is 6. The number of nitrogens with zero attached hydrogens (tertiary/aromatic N) is 1. The molecular weight excluding hydrogens is 312 g/mol. The molecule has 2 aliphatic rings. The molecule has 0 bridgehead atoms. The van der Waals surface area contributed by atoms with Crippen molar-refractivity contribution >= 4 is 23.6 Å². The average Bonchev–Trinajstić information content (AvgIpc) is 2.81. The van der Waals surface area contributed by atoms with Gasteiger partial charge in [-0.3, -0.25) is 29.4 Å². The highest BCUT2D eigenvalue weighted by atomic mass is 16.2. The smallest absolute Gasteiger partial charge is 0.262 e. The summed E-state index contributed by atoms with van der Waals surface area (Å²) in [6.07, 6.45) is 0.256. The van der Waals surface area contributed by atoms with Crippen LogP contribution in [0.1, 0.15) is 39.1 Å². The molecule has 1 unspecified atom stereocenters. The second-order valence-corrected chi connectivity index (χ2v) is 5.75. The van der Waals surface area contributed by atoms with Gasteiger partial charge in [0.2, 0.25) is 11.8 Å². The molecule has 8 nitrogen and oxygen atoms in total. The van der Waals surface area contributed by atoms with E-state index in [0.29, 0.717) is 30.8 Å². The maximum Gasteiger partial charge on any atom is 0.262 e. The van der Waals surface area contributed by atoms with Crippen LogP contribution in [0.5, 0.6) is 0 Å². The van der Waals surface area contributed by atoms with Gasteiger partial charge in [0.1, 0.15) is 6.04 Å². The Kier molecular flexibility index (Phi) is 4.41. The van der Waals surface area contributed by atoms with Gasteiger partial charge in [-0.25, -0.2) is 0 Å². The van der Waals surface area contributed by atoms with Crippen LogP contribution in [0.2, 0.25) is 0 Å². The molecule has 126 valence electrons. The molecule has 8 heteroatoms. The Morgan fingerprint density at radius 3 is 2.71 bits per heavy atom. The van der Waals surface area contributed by atoms with Gasteiger partial charge in [-0.2, -0.15) is 0 Å². The molecule has 0 radical (unpaired) electrons. The van der Waals surface area contributed by atoms with Gasteiger partial charge < -0.3 is 11.1 Å². The maximum atomic E-state index is 12.8. The predicted octanol–water partition coefficient (Wildman–Crippen LogP) is -0.864. The largest absolute Gasteiger partial charge is 0.329 e. The Morgan fingerprint density at radius 1 is 1.21 bits per heavy atom. The Morgan fingerprint density at radius 2 is 2.00 bits per heavy atom. The number of nitrogens with one attached hydrogen (secondary N) is 2. The number of imide groups is 2. The third-order valence-corrected chi connectivity index (χ3v) is 4.19. The van der Waals surface area contributed by atoms with Gasteiger partial charge in [0.05, 0.1) is 11.1 Å². The van der Waals surface area contributed by atoms with E-state index in [2.05, 4.69) is 10.6 Å². The van der Waals surface area contributed by atoms with E-state index in [0.717, 1.165) is 4.90 Å². The first-order valence-electron chi connectivity index (χ1n) is 7.79. The van der Waals surface area contributed by atoms with Gasteiger partial charge in [-0.1, -0.05) is 12.1 Å². The van der Waals surface area contributed by atoms with Crippen molar-refractivity contribution < 1.29 is 19.2 Å². The van der Waals surface area contributed by atoms with E-state index in [9.17, 15) is 19.2 Å². The number of carbonyl (C=O) groups excluding carboxylic acids is 4. The van der Waals surface area contributed by atoms with Crippen LogP contribution in [0.4, 0.5) is 0 Å². The van der Waals surface area contributed by atoms with Crippen LogP contribution in [0, 0.1) is 0 Å². The molecule has 4 N–H and O–H groups in total. The van der Waals surface area contributed by atoms with E-state index in [1.165, 1.54) is 0 Å². The first-order chi connectivity index (χ1) is 11.5. The summed E-state index contributed by atoms with van der Waals surface area (Å²) in [7, 11) is 0. The zero-order chi connectivity index (χ0) is 17.3. The fourth-order valence-electron chi connectivity index (χ4n) is 3.06. The highest BCUT2D eigenvalue weighted by Crippen LogP contribution is 2.29. The van der Waals surface area contributed by atoms with Crippen molar-refractivity contribution in [1.29, 1.82) is 0 Å². The van der Waals surface area contributed by atoms with Crippen LogP contribution >= 0.6 is 0 Å². The van der Waals surface area contributed by atoms with E-state index in [1.807, 2.05) is 0 Å². The van der Waals surface area contributed by atoms with Gasteiger partial charge in [0, 0.05) is 26.1 Å². The Balaban J connectivity index is 1.89. The van der Waals surface area contributed by atoms with Crippen LogP contribution < -0.4 is 16.4 Å². The first kappa shape index (κ1) is 16.3. The standard InChI is InChI=1S/C16H18N4O4/c17-6-7-18-8-9-2-1-3-10-13(9)16(24)20(15(10)23)11-4-5-12(21)19-14(11)22/h1-3,11,18H,4-8,17H2,(H,19,21,22). The average molecular weight is 330 g/mol. The van der Waals surface area contributed by atoms with Crippen LogP contribution in [0.15, 0.2) is 18.2 Å². The fourth-order valence-corrected chi connectivity index (χ4v) is 3.06. The number of fused-ring (bicyclic) bond motifs is 1. The summed E-state index contributed by atoms with van der Waals surface area (Å²) in [4.78, 5) is 49.7. The lowest BCUT2D eigenvalue weighted by atomic mass is 10.0. The molecule has 24 heavy (non-hydrogen) atoms. The van der Waals surface area contributed by atoms with E-state index in [1.54, 1.807) is 18.2 Å². The summed E-state index contributed by atoms with van der Waals surface area (Å²) < 4.78 is 0. The number of benzene rings is 1. The molecule has 0 saturated carbocycles. The fraction of sp³-hybridized carbons (Fsp3) is 0.375. The number of nitrogens with two attached hydrogens (primary N) is 1. The molecule has 0 spiro atoms. The number of carbonyl (C=O) groups is 4. The predicted molar refractivity (Wildman–Crippen MR) is 83.9 cm³/mol. The first-order valence-corrected chi connectivity index (χ1v) is 7.79. The summed E-state index contributed by atoms with van der Waals surface area (Å²) in [6.45, 7) is 1.45. The van der Waals surface area contributed by atoms with E-state index in [4.69, 9.17) is 5.73 Å². The molecule has 0 aromatic heterocycles. The minimum absolute atomic E-state index is 0.106. The highest BCUT2D eigenvalue weighted by Gasteiger charge is 2.45. The van der Waals surface area contributed by atoms with E-state index in [-0.39, 0.29) is 24.3 Å². The van der Waals surface area contributed by atoms with E-state index < -0.39 is 23.8 Å². The van der Waals surface area contributed by atoms with Crippen molar-refractivity contribution in [2.75, 3.05) is 13.1 Å².